The van der Waals surface area contributed by atoms with Gasteiger partial charge < -0.3 is 28.4 Å². The second-order valence-electron chi connectivity index (χ2n) is 52.0. The lowest BCUT2D eigenvalue weighted by molar-refractivity contribution is -0.203. The molecule has 0 radical (unpaired) electrons. The molecular weight excluding hydrogens is 1650 g/mol. The van der Waals surface area contributed by atoms with Gasteiger partial charge in [-0.3, -0.25) is 28.8 Å². The van der Waals surface area contributed by atoms with Gasteiger partial charge in [-0.2, -0.15) is 0 Å². The Bertz CT molecular complexity index is 3670. The van der Waals surface area contributed by atoms with Crippen molar-refractivity contribution in [3.63, 3.8) is 0 Å². The summed E-state index contributed by atoms with van der Waals surface area (Å²) in [6.45, 7) is 44.4. The average Bonchev–Trinajstić information content (AvgIpc) is 1.71. The lowest BCUT2D eigenvalue weighted by Gasteiger charge is -2.61. The second kappa shape index (κ2) is 45.6. The Morgan fingerprint density at radius 3 is 0.977 bits per heavy atom. The first-order valence-corrected chi connectivity index (χ1v) is 59.1. The molecule has 20 fully saturated rings. The van der Waals surface area contributed by atoms with Crippen LogP contribution >= 0.6 is 0 Å². The molecule has 20 saturated carbocycles. The number of esters is 6. The molecule has 0 amide bonds. The topological polar surface area (TPSA) is 158 Å². The molecule has 760 valence electrons. The predicted octanol–water partition coefficient (Wildman–Crippen LogP) is 31.8. The van der Waals surface area contributed by atoms with Crippen molar-refractivity contribution in [3.05, 3.63) is 0 Å². The van der Waals surface area contributed by atoms with E-state index in [0.717, 1.165) is 235 Å². The number of carbonyl (C=O) groups is 6. The molecule has 0 heterocycles. The molecule has 10 bridgehead atoms. The normalized spacial score (nSPS) is 41.8. The molecule has 0 aliphatic heterocycles. The molecule has 0 aromatic heterocycles. The van der Waals surface area contributed by atoms with Gasteiger partial charge in [0.1, 0.15) is 33.6 Å². The zero-order valence-corrected chi connectivity index (χ0v) is 89.5. The maximum absolute atomic E-state index is 13.2. The summed E-state index contributed by atoms with van der Waals surface area (Å²) in [7, 11) is 0. The molecule has 29 atom stereocenters. The van der Waals surface area contributed by atoms with E-state index in [1.54, 1.807) is 0 Å². The maximum atomic E-state index is 13.2. The van der Waals surface area contributed by atoms with Gasteiger partial charge in [-0.05, 0) is 452 Å². The van der Waals surface area contributed by atoms with E-state index in [1.165, 1.54) is 231 Å². The Kier molecular flexibility index (Phi) is 36.2. The van der Waals surface area contributed by atoms with Crippen LogP contribution in [0.2, 0.25) is 0 Å². The minimum Gasteiger partial charge on any atom is -0.460 e. The van der Waals surface area contributed by atoms with Crippen LogP contribution in [-0.2, 0) is 57.2 Å². The zero-order chi connectivity index (χ0) is 95.3. The van der Waals surface area contributed by atoms with Gasteiger partial charge in [-0.25, -0.2) is 0 Å². The Hall–Kier alpha value is -3.18. The van der Waals surface area contributed by atoms with Gasteiger partial charge in [-0.15, -0.1) is 0 Å². The quantitative estimate of drug-likeness (QED) is 0.0540. The zero-order valence-electron chi connectivity index (χ0n) is 89.5. The van der Waals surface area contributed by atoms with Crippen LogP contribution in [0, 0.1) is 195 Å². The molecule has 12 heteroatoms. The predicted molar refractivity (Wildman–Crippen MR) is 539 cm³/mol. The fraction of sp³-hybridized carbons (Fsp3) is 0.950. The molecule has 0 N–H and O–H groups in total. The van der Waals surface area contributed by atoms with Crippen LogP contribution in [0.25, 0.3) is 0 Å². The first kappa shape index (κ1) is 106. The SMILES string of the molecule is CCC1CC(CC)C(C(=O)OC(C)(C)C23CC4CC(CC(C4)C2)C3)C1.CCC1CC(CC)C(C(=O)OC2(C3CCCCC3)CCCC2)C1.CCC1CC(CC)C(C(=O)OC2(CC)CC3CCC2C3)C1.CCC1CC(CC)C(C(=O)OC2(CC)CCCC2)C1.CCC1CC(CC)C2C3CC(CC3C(=O)OC(C)(C)C)C12.CCC1CC(CC)C2C3CC(CC3C(=O)OC3(CC)CCCC3)C12. The maximum Gasteiger partial charge on any atom is 0.309 e. The molecule has 0 saturated heterocycles. The number of fused-ring (bicyclic) bond motifs is 12. The minimum atomic E-state index is -0.343. The van der Waals surface area contributed by atoms with Crippen LogP contribution in [0.4, 0.5) is 0 Å². The Morgan fingerprint density at radius 1 is 0.271 bits per heavy atom. The van der Waals surface area contributed by atoms with Gasteiger partial charge in [0.05, 0.1) is 35.5 Å². The van der Waals surface area contributed by atoms with E-state index in [9.17, 15) is 28.8 Å². The van der Waals surface area contributed by atoms with Gasteiger partial charge >= 0.3 is 35.8 Å². The Labute approximate surface area is 814 Å². The lowest BCUT2D eigenvalue weighted by Crippen LogP contribution is -2.57. The monoisotopic (exact) mass is 1850 g/mol. The third-order valence-corrected chi connectivity index (χ3v) is 44.1. The van der Waals surface area contributed by atoms with Crippen molar-refractivity contribution in [2.24, 2.45) is 195 Å². The van der Waals surface area contributed by atoms with Crippen LogP contribution in [0.3, 0.4) is 0 Å². The van der Waals surface area contributed by atoms with Gasteiger partial charge in [-0.1, -0.05) is 200 Å². The number of hydrogen-bond acceptors (Lipinski definition) is 12. The van der Waals surface area contributed by atoms with Crippen LogP contribution < -0.4 is 0 Å². The van der Waals surface area contributed by atoms with E-state index in [2.05, 4.69) is 118 Å². The van der Waals surface area contributed by atoms with Crippen molar-refractivity contribution in [2.75, 3.05) is 0 Å². The van der Waals surface area contributed by atoms with Crippen molar-refractivity contribution in [1.29, 1.82) is 0 Å². The summed E-state index contributed by atoms with van der Waals surface area (Å²) in [5, 5.41) is 0. The Balaban J connectivity index is 0.000000129. The highest BCUT2D eigenvalue weighted by Gasteiger charge is 2.65. The highest BCUT2D eigenvalue weighted by atomic mass is 16.6. The summed E-state index contributed by atoms with van der Waals surface area (Å²) in [6.07, 6.45) is 68.5. The number of hydrogen-bond donors (Lipinski definition) is 0. The number of ether oxygens (including phenoxy) is 6. The van der Waals surface area contributed by atoms with Gasteiger partial charge in [0.25, 0.3) is 0 Å². The van der Waals surface area contributed by atoms with E-state index < -0.39 is 0 Å². The van der Waals surface area contributed by atoms with Crippen molar-refractivity contribution in [1.82, 2.24) is 0 Å². The van der Waals surface area contributed by atoms with Crippen LogP contribution in [0.5, 0.6) is 0 Å². The van der Waals surface area contributed by atoms with Crippen LogP contribution in [-0.4, -0.2) is 69.4 Å². The van der Waals surface area contributed by atoms with Crippen molar-refractivity contribution in [2.45, 2.75) is 532 Å². The first-order valence-electron chi connectivity index (χ1n) is 59.1. The van der Waals surface area contributed by atoms with E-state index in [-0.39, 0.29) is 110 Å². The van der Waals surface area contributed by atoms with Gasteiger partial charge in [0, 0.05) is 5.41 Å². The number of rotatable bonds is 28. The Morgan fingerprint density at radius 2 is 0.624 bits per heavy atom. The highest BCUT2D eigenvalue weighted by Crippen LogP contribution is 2.70. The largest absolute Gasteiger partial charge is 0.460 e. The fourth-order valence-corrected chi connectivity index (χ4v) is 36.7. The summed E-state index contributed by atoms with van der Waals surface area (Å²) in [6, 6.07) is 0. The summed E-state index contributed by atoms with van der Waals surface area (Å²) in [4.78, 5) is 77.3. The third-order valence-electron chi connectivity index (χ3n) is 44.1. The molecule has 20 rings (SSSR count). The molecule has 12 nitrogen and oxygen atoms in total. The van der Waals surface area contributed by atoms with Gasteiger partial charge in [0.15, 0.2) is 0 Å². The summed E-state index contributed by atoms with van der Waals surface area (Å²) in [5.74, 6) is 22.0. The van der Waals surface area contributed by atoms with Crippen LogP contribution in [0.1, 0.15) is 498 Å². The molecular formula is C121H204O12. The fourth-order valence-electron chi connectivity index (χ4n) is 36.7. The number of carbonyl (C=O) groups excluding carboxylic acids is 6. The smallest absolute Gasteiger partial charge is 0.309 e. The van der Waals surface area contributed by atoms with Crippen molar-refractivity contribution in [3.8, 4) is 0 Å². The van der Waals surface area contributed by atoms with Crippen molar-refractivity contribution < 1.29 is 57.2 Å². The summed E-state index contributed by atoms with van der Waals surface area (Å²) in [5.41, 5.74) is -0.763. The lowest BCUT2D eigenvalue weighted by atomic mass is 9.46. The molecule has 0 spiro atoms. The molecule has 0 aromatic rings. The molecule has 20 aliphatic rings. The first-order chi connectivity index (χ1) is 63.8. The molecule has 29 unspecified atom stereocenters. The average molecular weight is 1850 g/mol. The molecule has 20 aliphatic carbocycles. The van der Waals surface area contributed by atoms with E-state index in [4.69, 9.17) is 28.4 Å². The van der Waals surface area contributed by atoms with Crippen LogP contribution in [0.15, 0.2) is 0 Å². The van der Waals surface area contributed by atoms with Gasteiger partial charge in [0.2, 0.25) is 0 Å². The van der Waals surface area contributed by atoms with Crippen molar-refractivity contribution >= 4 is 35.8 Å². The van der Waals surface area contributed by atoms with E-state index in [1.807, 2.05) is 20.8 Å². The summed E-state index contributed by atoms with van der Waals surface area (Å²) >= 11 is 0. The third kappa shape index (κ3) is 22.9. The second-order valence-corrected chi connectivity index (χ2v) is 52.0. The summed E-state index contributed by atoms with van der Waals surface area (Å²) < 4.78 is 37.0. The minimum absolute atomic E-state index is 0.0832. The highest BCUT2D eigenvalue weighted by molar-refractivity contribution is 5.77. The molecule has 133 heavy (non-hydrogen) atoms. The standard InChI is InChI=1S/C23H38O2.C22H36O2.C21H36O2.2C19H32O2.C17H30O2/c1-5-15-10-19(6-2)20(11-15)21(24)25-22(3,4)23-12-16-7-17(13-23)9-18(8-16)14-23;1-4-14-11-15(5-2)20-17-12-16(19(14)20)13-18(17)21(23)24-22(6-3)9-7-8-10-22;1-3-16-14-17(4-2)19(15-16)20(22)23-21(12-8-9-13-21)18-10-6-5-7-11-18;1-6-11-8-12(7-2)17-14-9-13(16(11)17)10-15(14)18(20)21-19(3,4)5;1-4-13-9-15(5-2)17(11-13)18(20)21-19(6-3)12-14-7-8-16(19)10-14;1-4-13-11-14(5-2)15(12-13)16(18)19-17(6-3)9-7-8-10-17/h15-20H,5-14H2,1-4H3;14-20H,4-13H2,1-3H3;16-19H,3-15H2,1-2H3;11-17H,6-10H2,1-5H3;13-17H,4-12H2,1-3H3;13-15H,4-12H2,1-3H3. The van der Waals surface area contributed by atoms with E-state index >= 15 is 0 Å². The van der Waals surface area contributed by atoms with E-state index in [0.29, 0.717) is 47.3 Å². The molecule has 0 aromatic carbocycles.